The predicted molar refractivity (Wildman–Crippen MR) is 95.8 cm³/mol. The van der Waals surface area contributed by atoms with Crippen LogP contribution in [0.4, 0.5) is 0 Å². The lowest BCUT2D eigenvalue weighted by Gasteiger charge is -2.11. The summed E-state index contributed by atoms with van der Waals surface area (Å²) in [6, 6.07) is 7.39. The van der Waals surface area contributed by atoms with E-state index >= 15 is 0 Å². The minimum atomic E-state index is -3.82. The minimum Gasteiger partial charge on any atom is -0.366 e. The first-order chi connectivity index (χ1) is 11.2. The molecule has 1 aromatic rings. The molecule has 24 heavy (non-hydrogen) atoms. The van der Waals surface area contributed by atoms with Gasteiger partial charge in [-0.05, 0) is 37.3 Å². The lowest BCUT2D eigenvalue weighted by Crippen LogP contribution is -2.21. The average molecular weight is 382 g/mol. The number of halogens is 1. The Morgan fingerprint density at radius 1 is 1.21 bits per heavy atom. The summed E-state index contributed by atoms with van der Waals surface area (Å²) in [5.41, 5.74) is 0.970. The van der Waals surface area contributed by atoms with Crippen LogP contribution in [0.3, 0.4) is 0 Å². The molecule has 0 saturated heterocycles. The molecule has 1 saturated carbocycles. The zero-order valence-electron chi connectivity index (χ0n) is 14.2. The van der Waals surface area contributed by atoms with Crippen LogP contribution in [0.1, 0.15) is 51.5 Å². The molecule has 0 heterocycles. The summed E-state index contributed by atoms with van der Waals surface area (Å²) in [7, 11) is -3.82. The van der Waals surface area contributed by atoms with Crippen LogP contribution < -0.4 is 5.14 Å². The van der Waals surface area contributed by atoms with Crippen LogP contribution in [0.25, 0.3) is 0 Å². The van der Waals surface area contributed by atoms with Crippen LogP contribution in [-0.2, 0) is 20.9 Å². The Morgan fingerprint density at radius 2 is 1.75 bits per heavy atom. The molecule has 0 unspecified atom stereocenters. The predicted octanol–water partition coefficient (Wildman–Crippen LogP) is 2.76. The topological polar surface area (TPSA) is 110 Å². The standard InChI is InChI=1S/C9H12ClNO3S.C5H10O2.C2H6/c10-9-6-2-1-4-8(9)5-3-7-14-15(11,12)13;6-5(7)3-1-2-4-5;1-2/h1-2,4,6H,3,5,7H2,(H2,11,12,13);6-7H,1-4H2;1-2H3. The van der Waals surface area contributed by atoms with E-state index in [4.69, 9.17) is 21.8 Å². The van der Waals surface area contributed by atoms with Crippen molar-refractivity contribution in [2.75, 3.05) is 6.61 Å². The molecular formula is C16H28ClNO5S. The van der Waals surface area contributed by atoms with Gasteiger partial charge in [0.25, 0.3) is 0 Å². The van der Waals surface area contributed by atoms with Crippen molar-refractivity contribution in [3.8, 4) is 0 Å². The van der Waals surface area contributed by atoms with Gasteiger partial charge in [0.15, 0.2) is 5.79 Å². The van der Waals surface area contributed by atoms with Gasteiger partial charge in [-0.25, -0.2) is 5.14 Å². The average Bonchev–Trinajstić information content (AvgIpc) is 2.91. The molecule has 1 fully saturated rings. The van der Waals surface area contributed by atoms with E-state index in [9.17, 15) is 8.42 Å². The van der Waals surface area contributed by atoms with E-state index in [1.807, 2.05) is 32.0 Å². The van der Waals surface area contributed by atoms with E-state index in [0.717, 1.165) is 18.4 Å². The molecule has 140 valence electrons. The Labute approximate surface area is 149 Å². The molecule has 0 aromatic heterocycles. The van der Waals surface area contributed by atoms with Crippen molar-refractivity contribution in [2.24, 2.45) is 5.14 Å². The van der Waals surface area contributed by atoms with Gasteiger partial charge in [0.05, 0.1) is 6.61 Å². The van der Waals surface area contributed by atoms with Crippen LogP contribution in [0, 0.1) is 0 Å². The van der Waals surface area contributed by atoms with Crippen molar-refractivity contribution < 1.29 is 22.8 Å². The van der Waals surface area contributed by atoms with Gasteiger partial charge in [-0.1, -0.05) is 43.6 Å². The third-order valence-electron chi connectivity index (χ3n) is 3.20. The second-order valence-corrected chi connectivity index (χ2v) is 6.83. The number of rotatable bonds is 5. The molecule has 0 radical (unpaired) electrons. The zero-order chi connectivity index (χ0) is 18.6. The highest BCUT2D eigenvalue weighted by atomic mass is 35.5. The van der Waals surface area contributed by atoms with E-state index in [2.05, 4.69) is 9.32 Å². The molecule has 0 aliphatic heterocycles. The number of aliphatic hydroxyl groups is 2. The zero-order valence-corrected chi connectivity index (χ0v) is 15.8. The molecule has 4 N–H and O–H groups in total. The highest BCUT2D eigenvalue weighted by molar-refractivity contribution is 7.84. The Morgan fingerprint density at radius 3 is 2.17 bits per heavy atom. The first-order valence-corrected chi connectivity index (χ1v) is 9.90. The second kappa shape index (κ2) is 11.8. The van der Waals surface area contributed by atoms with Gasteiger partial charge in [-0.15, -0.1) is 0 Å². The van der Waals surface area contributed by atoms with E-state index < -0.39 is 16.1 Å². The maximum atomic E-state index is 10.4. The monoisotopic (exact) mass is 381 g/mol. The SMILES string of the molecule is CC.NS(=O)(=O)OCCCc1ccccc1Cl.OC1(O)CCCC1. The van der Waals surface area contributed by atoms with Crippen molar-refractivity contribution in [3.05, 3.63) is 34.9 Å². The number of hydrogen-bond donors (Lipinski definition) is 3. The normalized spacial score (nSPS) is 15.8. The summed E-state index contributed by atoms with van der Waals surface area (Å²) >= 11 is 5.91. The minimum absolute atomic E-state index is 0.0735. The lowest BCUT2D eigenvalue weighted by molar-refractivity contribution is -0.152. The van der Waals surface area contributed by atoms with Gasteiger partial charge in [0.1, 0.15) is 0 Å². The van der Waals surface area contributed by atoms with Crippen molar-refractivity contribution in [2.45, 2.75) is 58.2 Å². The van der Waals surface area contributed by atoms with Crippen molar-refractivity contribution in [1.29, 1.82) is 0 Å². The summed E-state index contributed by atoms with van der Waals surface area (Å²) in [5, 5.41) is 22.8. The van der Waals surface area contributed by atoms with Crippen LogP contribution in [0.2, 0.25) is 5.02 Å². The van der Waals surface area contributed by atoms with Crippen LogP contribution >= 0.6 is 11.6 Å². The lowest BCUT2D eigenvalue weighted by atomic mass is 10.1. The third-order valence-corrected chi connectivity index (χ3v) is 4.06. The van der Waals surface area contributed by atoms with Crippen LogP contribution in [0.5, 0.6) is 0 Å². The highest BCUT2D eigenvalue weighted by Gasteiger charge is 2.26. The molecule has 1 aliphatic rings. The maximum Gasteiger partial charge on any atom is 0.333 e. The van der Waals surface area contributed by atoms with E-state index in [0.29, 0.717) is 30.7 Å². The van der Waals surface area contributed by atoms with Gasteiger partial charge >= 0.3 is 10.3 Å². The fourth-order valence-corrected chi connectivity index (χ4v) is 2.66. The summed E-state index contributed by atoms with van der Waals surface area (Å²) in [6.45, 7) is 4.07. The van der Waals surface area contributed by atoms with Gasteiger partial charge in [-0.3, -0.25) is 4.18 Å². The molecule has 2 rings (SSSR count). The maximum absolute atomic E-state index is 10.4. The van der Waals surface area contributed by atoms with Crippen molar-refractivity contribution in [3.63, 3.8) is 0 Å². The van der Waals surface area contributed by atoms with E-state index in [1.165, 1.54) is 0 Å². The van der Waals surface area contributed by atoms with Gasteiger partial charge in [-0.2, -0.15) is 8.42 Å². The first kappa shape index (κ1) is 23.3. The highest BCUT2D eigenvalue weighted by Crippen LogP contribution is 2.25. The fourth-order valence-electron chi connectivity index (χ4n) is 2.08. The summed E-state index contributed by atoms with van der Waals surface area (Å²) in [5.74, 6) is -1.31. The molecule has 0 bridgehead atoms. The molecule has 8 heteroatoms. The first-order valence-electron chi connectivity index (χ1n) is 8.05. The van der Waals surface area contributed by atoms with E-state index in [1.54, 1.807) is 6.07 Å². The largest absolute Gasteiger partial charge is 0.366 e. The van der Waals surface area contributed by atoms with Crippen LogP contribution in [0.15, 0.2) is 24.3 Å². The molecule has 1 aliphatic carbocycles. The Balaban J connectivity index is 0.000000488. The second-order valence-electron chi connectivity index (χ2n) is 5.20. The van der Waals surface area contributed by atoms with Gasteiger partial charge < -0.3 is 10.2 Å². The number of aryl methyl sites for hydroxylation is 1. The number of benzene rings is 1. The van der Waals surface area contributed by atoms with E-state index in [-0.39, 0.29) is 6.61 Å². The Kier molecular flexibility index (Phi) is 11.4. The molecule has 0 spiro atoms. The van der Waals surface area contributed by atoms with Crippen LogP contribution in [-0.4, -0.2) is 31.0 Å². The van der Waals surface area contributed by atoms with Gasteiger partial charge in [0.2, 0.25) is 0 Å². The molecular weight excluding hydrogens is 354 g/mol. The molecule has 0 atom stereocenters. The summed E-state index contributed by atoms with van der Waals surface area (Å²) in [6.07, 6.45) is 4.27. The fraction of sp³-hybridized carbons (Fsp3) is 0.625. The quantitative estimate of drug-likeness (QED) is 0.536. The smallest absolute Gasteiger partial charge is 0.333 e. The van der Waals surface area contributed by atoms with Gasteiger partial charge in [0, 0.05) is 17.9 Å². The third kappa shape index (κ3) is 11.8. The van der Waals surface area contributed by atoms with Crippen molar-refractivity contribution >= 4 is 21.9 Å². The summed E-state index contributed by atoms with van der Waals surface area (Å²) in [4.78, 5) is 0. The summed E-state index contributed by atoms with van der Waals surface area (Å²) < 4.78 is 25.3. The van der Waals surface area contributed by atoms with Crippen molar-refractivity contribution in [1.82, 2.24) is 0 Å². The Bertz CT molecular complexity index is 555. The Hall–Kier alpha value is -0.700. The molecule has 1 aromatic carbocycles. The molecule has 0 amide bonds. The number of nitrogens with two attached hydrogens (primary N) is 1. The molecule has 6 nitrogen and oxygen atoms in total. The number of hydrogen-bond acceptors (Lipinski definition) is 5.